The van der Waals surface area contributed by atoms with Gasteiger partial charge in [-0.2, -0.15) is 10.2 Å². The van der Waals surface area contributed by atoms with Gasteiger partial charge in [0.05, 0.1) is 43.5 Å². The fourth-order valence-corrected chi connectivity index (χ4v) is 9.66. The molecule has 0 aliphatic carbocycles. The van der Waals surface area contributed by atoms with Gasteiger partial charge in [-0.3, -0.25) is 9.36 Å². The van der Waals surface area contributed by atoms with Crippen LogP contribution < -0.4 is 20.5 Å². The number of anilines is 1. The number of methoxy groups -OCH3 is 2. The highest BCUT2D eigenvalue weighted by Crippen LogP contribution is 2.51. The number of nitriles is 1. The molecule has 1 unspecified atom stereocenters. The summed E-state index contributed by atoms with van der Waals surface area (Å²) in [5, 5.41) is 12.1. The van der Waals surface area contributed by atoms with E-state index in [1.54, 1.807) is 44.6 Å². The van der Waals surface area contributed by atoms with Crippen molar-refractivity contribution in [1.29, 1.82) is 5.26 Å². The van der Waals surface area contributed by atoms with E-state index in [1.807, 2.05) is 134 Å². The van der Waals surface area contributed by atoms with E-state index in [9.17, 15) is 14.9 Å². The fraction of sp³-hybridized carbons (Fsp3) is 0.348. The lowest BCUT2D eigenvalue weighted by atomic mass is 9.80. The maximum Gasteiger partial charge on any atom is 0.351 e. The summed E-state index contributed by atoms with van der Waals surface area (Å²) in [4.78, 5) is 31.0. The molecule has 62 heavy (non-hydrogen) atoms. The van der Waals surface area contributed by atoms with E-state index >= 15 is 4.39 Å². The Morgan fingerprint density at radius 1 is 0.919 bits per heavy atom. The summed E-state index contributed by atoms with van der Waals surface area (Å²) in [6.45, 7) is 7.75. The van der Waals surface area contributed by atoms with Gasteiger partial charge in [0.2, 0.25) is 0 Å². The number of carbonyl (C=O) groups is 1. The largest absolute Gasteiger partial charge is 0.497 e. The molecule has 13 nitrogen and oxygen atoms in total. The van der Waals surface area contributed by atoms with E-state index in [0.29, 0.717) is 20.6 Å². The van der Waals surface area contributed by atoms with Crippen molar-refractivity contribution in [2.75, 3.05) is 32.8 Å². The smallest absolute Gasteiger partial charge is 0.351 e. The van der Waals surface area contributed by atoms with Crippen molar-refractivity contribution in [2.45, 2.75) is 76.4 Å². The summed E-state index contributed by atoms with van der Waals surface area (Å²) in [7, 11) is 1.21. The summed E-state index contributed by atoms with van der Waals surface area (Å²) < 4.78 is 58.6. The van der Waals surface area contributed by atoms with E-state index in [2.05, 4.69) is 16.4 Å². The number of rotatable bonds is 19. The highest BCUT2D eigenvalue weighted by atomic mass is 127. The van der Waals surface area contributed by atoms with E-state index in [4.69, 9.17) is 28.0 Å². The third-order valence-electron chi connectivity index (χ3n) is 10.2. The number of hydrogen-bond acceptors (Lipinski definition) is 11. The summed E-state index contributed by atoms with van der Waals surface area (Å²) in [6.07, 6.45) is -4.42. The SMILES string of the molecule is COc1ccc(C(OC[C@H]2O[C@@H](n3cc(I)c(NC(=O)c4ccccc4)nc3=O)[C@H](F)[C@@H]2OP(OCCC#N)N(C(C)C)C(C)C)(c2ccccc2)c2ccc(OC)cc2)cc1. The molecule has 1 N–H and O–H groups in total. The van der Waals surface area contributed by atoms with Gasteiger partial charge in [-0.25, -0.2) is 13.9 Å². The molecule has 6 rings (SSSR count). The number of ether oxygens (including phenoxy) is 4. The maximum absolute atomic E-state index is 17.5. The lowest BCUT2D eigenvalue weighted by Crippen LogP contribution is -2.41. The first-order valence-electron chi connectivity index (χ1n) is 20.1. The van der Waals surface area contributed by atoms with Crippen LogP contribution >= 0.6 is 31.1 Å². The third-order valence-corrected chi connectivity index (χ3v) is 13.1. The normalized spacial score (nSPS) is 18.2. The molecule has 4 aromatic carbocycles. The lowest BCUT2D eigenvalue weighted by Gasteiger charge is -2.39. The summed E-state index contributed by atoms with van der Waals surface area (Å²) in [5.74, 6) is 0.849. The van der Waals surface area contributed by atoms with Crippen LogP contribution in [-0.2, 0) is 24.1 Å². The zero-order valence-electron chi connectivity index (χ0n) is 35.3. The van der Waals surface area contributed by atoms with Crippen LogP contribution in [-0.4, -0.2) is 78.0 Å². The van der Waals surface area contributed by atoms with Crippen LogP contribution in [0.2, 0.25) is 0 Å². The van der Waals surface area contributed by atoms with E-state index in [0.717, 1.165) is 21.3 Å². The molecule has 0 bridgehead atoms. The van der Waals surface area contributed by atoms with Crippen LogP contribution in [0.15, 0.2) is 120 Å². The van der Waals surface area contributed by atoms with Crippen molar-refractivity contribution in [2.24, 2.45) is 0 Å². The average molecular weight is 978 g/mol. The number of nitrogens with one attached hydrogen (secondary N) is 1. The van der Waals surface area contributed by atoms with Crippen molar-refractivity contribution < 1.29 is 37.2 Å². The highest BCUT2D eigenvalue weighted by molar-refractivity contribution is 14.1. The standard InChI is InChI=1S/C46H50FIN5O8P/c1-30(2)53(31(3)4)62(59-27-13-26-49)61-41-39(60-44(40(41)47)52-28-38(48)42(51-45(52)55)50-43(54)32-14-9-7-10-15-32)29-58-46(33-16-11-8-12-17-33,34-18-22-36(56-5)23-19-34)35-20-24-37(57-6)25-21-35/h7-12,14-25,28,30-31,39-41,44H,13,27,29H2,1-6H3,(H,50,51,54,55)/t39-,40-,41-,44-,62?/m1/s1. The summed E-state index contributed by atoms with van der Waals surface area (Å²) in [6, 6.07) is 35.1. The molecule has 1 fully saturated rings. The molecule has 1 aliphatic rings. The molecule has 5 aromatic rings. The van der Waals surface area contributed by atoms with Crippen LogP contribution in [0, 0.1) is 14.9 Å². The second-order valence-corrected chi connectivity index (χ2v) is 17.5. The highest BCUT2D eigenvalue weighted by Gasteiger charge is 2.51. The molecule has 1 amide bonds. The van der Waals surface area contributed by atoms with Gasteiger partial charge in [0.15, 0.2) is 18.2 Å². The molecule has 0 saturated carbocycles. The van der Waals surface area contributed by atoms with Gasteiger partial charge >= 0.3 is 5.69 Å². The zero-order valence-corrected chi connectivity index (χ0v) is 38.4. The molecule has 1 aliphatic heterocycles. The Labute approximate surface area is 376 Å². The Kier molecular flexibility index (Phi) is 16.2. The Hall–Kier alpha value is -4.79. The Balaban J connectivity index is 1.43. The first kappa shape index (κ1) is 46.7. The second kappa shape index (κ2) is 21.5. The monoisotopic (exact) mass is 977 g/mol. The van der Waals surface area contributed by atoms with E-state index in [1.165, 1.54) is 6.20 Å². The number of nitrogens with zero attached hydrogens (tertiary/aromatic N) is 4. The minimum absolute atomic E-state index is 0.0207. The molecule has 5 atom stereocenters. The van der Waals surface area contributed by atoms with Gasteiger partial charge in [0.25, 0.3) is 14.4 Å². The molecule has 16 heteroatoms. The van der Waals surface area contributed by atoms with Crippen LogP contribution in [0.5, 0.6) is 11.5 Å². The molecular formula is C46H50FIN5O8P. The van der Waals surface area contributed by atoms with Gasteiger partial charge in [-0.1, -0.05) is 72.8 Å². The molecule has 1 saturated heterocycles. The van der Waals surface area contributed by atoms with Gasteiger partial charge in [0, 0.05) is 23.8 Å². The molecule has 1 aromatic heterocycles. The van der Waals surface area contributed by atoms with Crippen molar-refractivity contribution >= 4 is 42.8 Å². The Morgan fingerprint density at radius 3 is 2.00 bits per heavy atom. The van der Waals surface area contributed by atoms with Crippen molar-refractivity contribution in [3.8, 4) is 17.6 Å². The van der Waals surface area contributed by atoms with Gasteiger partial charge in [-0.15, -0.1) is 0 Å². The van der Waals surface area contributed by atoms with Crippen molar-refractivity contribution in [3.63, 3.8) is 0 Å². The zero-order chi connectivity index (χ0) is 44.4. The second-order valence-electron chi connectivity index (χ2n) is 14.9. The number of halogens is 2. The fourth-order valence-electron chi connectivity index (χ4n) is 7.34. The number of benzene rings is 4. The number of hydrogen-bond donors (Lipinski definition) is 1. The number of aromatic nitrogens is 2. The van der Waals surface area contributed by atoms with Crippen LogP contribution in [0.1, 0.15) is 67.4 Å². The summed E-state index contributed by atoms with van der Waals surface area (Å²) >= 11 is 1.94. The topological polar surface area (TPSA) is 146 Å². The maximum atomic E-state index is 17.5. The van der Waals surface area contributed by atoms with Crippen molar-refractivity contribution in [1.82, 2.24) is 14.2 Å². The molecular weight excluding hydrogens is 927 g/mol. The van der Waals surface area contributed by atoms with E-state index < -0.39 is 50.3 Å². The molecule has 326 valence electrons. The molecule has 2 heterocycles. The predicted octanol–water partition coefficient (Wildman–Crippen LogP) is 9.02. The van der Waals surface area contributed by atoms with Crippen molar-refractivity contribution in [3.05, 3.63) is 152 Å². The average Bonchev–Trinajstić information content (AvgIpc) is 3.59. The minimum atomic E-state index is -1.97. The van der Waals surface area contributed by atoms with Crippen LogP contribution in [0.25, 0.3) is 0 Å². The third kappa shape index (κ3) is 10.5. The Bertz CT molecular complexity index is 2280. The van der Waals surface area contributed by atoms with Crippen LogP contribution in [0.3, 0.4) is 0 Å². The lowest BCUT2D eigenvalue weighted by molar-refractivity contribution is -0.0934. The molecule has 0 spiro atoms. The minimum Gasteiger partial charge on any atom is -0.497 e. The number of carbonyl (C=O) groups excluding carboxylic acids is 1. The molecule has 0 radical (unpaired) electrons. The van der Waals surface area contributed by atoms with Gasteiger partial charge < -0.3 is 33.3 Å². The first-order chi connectivity index (χ1) is 29.9. The van der Waals surface area contributed by atoms with Gasteiger partial charge in [0.1, 0.15) is 29.3 Å². The predicted molar refractivity (Wildman–Crippen MR) is 243 cm³/mol. The summed E-state index contributed by atoms with van der Waals surface area (Å²) in [5.41, 5.74) is 0.496. The van der Waals surface area contributed by atoms with Gasteiger partial charge in [-0.05, 0) is 103 Å². The number of amides is 1. The van der Waals surface area contributed by atoms with E-state index in [-0.39, 0.29) is 37.5 Å². The first-order valence-corrected chi connectivity index (χ1v) is 22.3. The van der Waals surface area contributed by atoms with Crippen LogP contribution in [0.4, 0.5) is 10.2 Å². The number of alkyl halides is 1. The quantitative estimate of drug-likeness (QED) is 0.0366. The Morgan fingerprint density at radius 2 is 1.47 bits per heavy atom.